The second kappa shape index (κ2) is 7.04. The molecule has 0 saturated carbocycles. The van der Waals surface area contributed by atoms with Crippen LogP contribution >= 0.6 is 11.3 Å². The Hall–Kier alpha value is -2.03. The van der Waals surface area contributed by atoms with Crippen LogP contribution in [0.1, 0.15) is 44.7 Å². The van der Waals surface area contributed by atoms with Gasteiger partial charge < -0.3 is 20.1 Å². The molecule has 5 heterocycles. The van der Waals surface area contributed by atoms with E-state index in [1.807, 2.05) is 6.92 Å². The van der Waals surface area contributed by atoms with Crippen LogP contribution in [-0.2, 0) is 17.8 Å². The maximum atomic E-state index is 9.45. The fourth-order valence-corrected chi connectivity index (χ4v) is 5.47. The summed E-state index contributed by atoms with van der Waals surface area (Å²) in [6.45, 7) is 8.99. The van der Waals surface area contributed by atoms with E-state index in [1.165, 1.54) is 24.0 Å². The minimum atomic E-state index is -0.211. The van der Waals surface area contributed by atoms with E-state index in [9.17, 15) is 5.11 Å². The van der Waals surface area contributed by atoms with E-state index in [1.54, 1.807) is 17.7 Å². The van der Waals surface area contributed by atoms with Crippen molar-refractivity contribution in [3.05, 3.63) is 17.5 Å². The Bertz CT molecular complexity index is 1070. The summed E-state index contributed by atoms with van der Waals surface area (Å²) in [5.74, 6) is 1.85. The molecule has 1 unspecified atom stereocenters. The van der Waals surface area contributed by atoms with E-state index in [4.69, 9.17) is 9.72 Å². The summed E-state index contributed by atoms with van der Waals surface area (Å²) in [5.41, 5.74) is 3.27. The lowest BCUT2D eigenvalue weighted by molar-refractivity contribution is -0.0395. The lowest BCUT2D eigenvalue weighted by Gasteiger charge is -2.34. The zero-order valence-electron chi connectivity index (χ0n) is 17.2. The molecule has 3 aromatic rings. The summed E-state index contributed by atoms with van der Waals surface area (Å²) in [7, 11) is 0. The largest absolute Gasteiger partial charge is 0.394 e. The van der Waals surface area contributed by atoms with Gasteiger partial charge in [-0.05, 0) is 39.2 Å². The summed E-state index contributed by atoms with van der Waals surface area (Å²) in [6, 6.07) is -0.0762. The molecule has 0 bridgehead atoms. The molecule has 0 aromatic carbocycles. The Kier molecular flexibility index (Phi) is 4.60. The quantitative estimate of drug-likeness (QED) is 0.677. The first-order chi connectivity index (χ1) is 14.0. The fourth-order valence-electron chi connectivity index (χ4n) is 4.36. The first-order valence-electron chi connectivity index (χ1n) is 10.3. The van der Waals surface area contributed by atoms with Crippen LogP contribution < -0.4 is 10.2 Å². The third-order valence-corrected chi connectivity index (χ3v) is 6.95. The van der Waals surface area contributed by atoms with Crippen molar-refractivity contribution in [1.29, 1.82) is 0 Å². The summed E-state index contributed by atoms with van der Waals surface area (Å²) < 4.78 is 7.18. The molecule has 2 aliphatic rings. The molecular formula is C21H27N5O2S. The van der Waals surface area contributed by atoms with Gasteiger partial charge in [-0.15, -0.1) is 11.3 Å². The molecule has 1 fully saturated rings. The molecule has 3 aromatic heterocycles. The number of fused-ring (bicyclic) bond motifs is 5. The summed E-state index contributed by atoms with van der Waals surface area (Å²) >= 11 is 1.64. The Morgan fingerprint density at radius 2 is 2.07 bits per heavy atom. The maximum Gasteiger partial charge on any atom is 0.147 e. The maximum absolute atomic E-state index is 9.45. The highest BCUT2D eigenvalue weighted by atomic mass is 32.1. The number of aliphatic hydroxyl groups excluding tert-OH is 1. The molecule has 0 aliphatic carbocycles. The van der Waals surface area contributed by atoms with Gasteiger partial charge in [0.25, 0.3) is 0 Å². The number of anilines is 2. The van der Waals surface area contributed by atoms with Crippen molar-refractivity contribution in [1.82, 2.24) is 15.0 Å². The monoisotopic (exact) mass is 413 g/mol. The number of aliphatic hydroxyl groups is 1. The number of rotatable bonds is 4. The zero-order valence-corrected chi connectivity index (χ0v) is 18.0. The van der Waals surface area contributed by atoms with Gasteiger partial charge in [-0.3, -0.25) is 0 Å². The standard InChI is InChI=1S/C21H27N5O2S/c1-12(9-27)24-18-17-16(22-11-23-18)15-13-8-21(2,3)28-10-14(13)19(25-20(15)29-17)26-6-4-5-7-26/h11-12,27H,4-10H2,1-3H3,(H,22,23,24). The number of hydrogen-bond donors (Lipinski definition) is 2. The van der Waals surface area contributed by atoms with Gasteiger partial charge in [-0.1, -0.05) is 0 Å². The smallest absolute Gasteiger partial charge is 0.147 e. The Morgan fingerprint density at radius 1 is 1.28 bits per heavy atom. The predicted octanol–water partition coefficient (Wildman–Crippen LogP) is 3.48. The molecule has 7 nitrogen and oxygen atoms in total. The summed E-state index contributed by atoms with van der Waals surface area (Å²) in [5, 5.41) is 13.9. The van der Waals surface area contributed by atoms with Crippen molar-refractivity contribution in [2.24, 2.45) is 0 Å². The van der Waals surface area contributed by atoms with Crippen molar-refractivity contribution < 1.29 is 9.84 Å². The molecule has 154 valence electrons. The van der Waals surface area contributed by atoms with Crippen LogP contribution in [-0.4, -0.2) is 51.4 Å². The van der Waals surface area contributed by atoms with Crippen molar-refractivity contribution in [2.45, 2.75) is 58.3 Å². The zero-order chi connectivity index (χ0) is 20.2. The molecule has 8 heteroatoms. The number of nitrogens with one attached hydrogen (secondary N) is 1. The molecule has 2 aliphatic heterocycles. The van der Waals surface area contributed by atoms with Crippen LogP contribution in [0.15, 0.2) is 6.33 Å². The van der Waals surface area contributed by atoms with Gasteiger partial charge in [-0.25, -0.2) is 15.0 Å². The van der Waals surface area contributed by atoms with E-state index < -0.39 is 0 Å². The molecule has 0 spiro atoms. The molecular weight excluding hydrogens is 386 g/mol. The molecule has 1 atom stereocenters. The number of pyridine rings is 1. The summed E-state index contributed by atoms with van der Waals surface area (Å²) in [4.78, 5) is 17.6. The summed E-state index contributed by atoms with van der Waals surface area (Å²) in [6.07, 6.45) is 4.87. The van der Waals surface area contributed by atoms with Gasteiger partial charge in [0.05, 0.1) is 29.0 Å². The van der Waals surface area contributed by atoms with Crippen molar-refractivity contribution in [3.8, 4) is 0 Å². The minimum Gasteiger partial charge on any atom is -0.394 e. The molecule has 2 N–H and O–H groups in total. The minimum absolute atomic E-state index is 0.0503. The normalized spacial score (nSPS) is 19.7. The Labute approximate surface area is 174 Å². The highest BCUT2D eigenvalue weighted by Gasteiger charge is 2.33. The van der Waals surface area contributed by atoms with Crippen molar-refractivity contribution >= 4 is 43.4 Å². The van der Waals surface area contributed by atoms with Gasteiger partial charge in [0.15, 0.2) is 0 Å². The lowest BCUT2D eigenvalue weighted by Crippen LogP contribution is -2.33. The van der Waals surface area contributed by atoms with Crippen LogP contribution in [0.4, 0.5) is 11.6 Å². The number of hydrogen-bond acceptors (Lipinski definition) is 8. The third-order valence-electron chi connectivity index (χ3n) is 5.87. The highest BCUT2D eigenvalue weighted by molar-refractivity contribution is 7.26. The number of ether oxygens (including phenoxy) is 1. The first kappa shape index (κ1) is 19.0. The van der Waals surface area contributed by atoms with Gasteiger partial charge in [-0.2, -0.15) is 0 Å². The van der Waals surface area contributed by atoms with Crippen LogP contribution in [0.25, 0.3) is 20.4 Å². The Balaban J connectivity index is 1.76. The number of aromatic nitrogens is 3. The van der Waals surface area contributed by atoms with Gasteiger partial charge in [0.2, 0.25) is 0 Å². The molecule has 29 heavy (non-hydrogen) atoms. The number of thiophene rings is 1. The Morgan fingerprint density at radius 3 is 2.83 bits per heavy atom. The SMILES string of the molecule is CC(CO)Nc1ncnc2c1sc1nc(N3CCCC3)c3c(c12)CC(C)(C)OC3. The average molecular weight is 414 g/mol. The average Bonchev–Trinajstić information content (AvgIpc) is 3.34. The van der Waals surface area contributed by atoms with Crippen LogP contribution in [0.5, 0.6) is 0 Å². The van der Waals surface area contributed by atoms with Gasteiger partial charge in [0.1, 0.15) is 22.8 Å². The van der Waals surface area contributed by atoms with E-state index in [2.05, 4.69) is 34.0 Å². The number of nitrogens with zero attached hydrogens (tertiary/aromatic N) is 4. The van der Waals surface area contributed by atoms with E-state index >= 15 is 0 Å². The lowest BCUT2D eigenvalue weighted by atomic mass is 9.90. The topological polar surface area (TPSA) is 83.4 Å². The molecule has 0 radical (unpaired) electrons. The second-order valence-electron chi connectivity index (χ2n) is 8.72. The van der Waals surface area contributed by atoms with Crippen LogP contribution in [0, 0.1) is 0 Å². The molecule has 5 rings (SSSR count). The molecule has 0 amide bonds. The van der Waals surface area contributed by atoms with E-state index in [0.29, 0.717) is 6.61 Å². The predicted molar refractivity (Wildman–Crippen MR) is 117 cm³/mol. The van der Waals surface area contributed by atoms with E-state index in [0.717, 1.165) is 51.6 Å². The third kappa shape index (κ3) is 3.23. The van der Waals surface area contributed by atoms with Crippen molar-refractivity contribution in [2.75, 3.05) is 29.9 Å². The van der Waals surface area contributed by atoms with Gasteiger partial charge in [0, 0.05) is 36.5 Å². The highest BCUT2D eigenvalue weighted by Crippen LogP contribution is 2.44. The molecule has 1 saturated heterocycles. The fraction of sp³-hybridized carbons (Fsp3) is 0.571. The first-order valence-corrected chi connectivity index (χ1v) is 11.1. The van der Waals surface area contributed by atoms with Gasteiger partial charge >= 0.3 is 0 Å². The van der Waals surface area contributed by atoms with Crippen LogP contribution in [0.3, 0.4) is 0 Å². The van der Waals surface area contributed by atoms with E-state index in [-0.39, 0.29) is 18.2 Å². The second-order valence-corrected chi connectivity index (χ2v) is 9.72. The van der Waals surface area contributed by atoms with Crippen LogP contribution in [0.2, 0.25) is 0 Å². The van der Waals surface area contributed by atoms with Crippen molar-refractivity contribution in [3.63, 3.8) is 0 Å².